The Labute approximate surface area is 241 Å². The number of methoxy groups -OCH3 is 1. The minimum absolute atomic E-state index is 0.126. The quantitative estimate of drug-likeness (QED) is 0.422. The summed E-state index contributed by atoms with van der Waals surface area (Å²) in [4.78, 5) is 45.3. The number of nitrogens with zero attached hydrogens (tertiary/aromatic N) is 3. The molecule has 2 N–H and O–H groups in total. The smallest absolute Gasteiger partial charge is 0.243 e. The number of hydrogen-bond acceptors (Lipinski definition) is 6. The molecular weight excluding hydrogens is 518 g/mol. The van der Waals surface area contributed by atoms with Gasteiger partial charge in [-0.15, -0.1) is 0 Å². The lowest BCUT2D eigenvalue weighted by Crippen LogP contribution is -2.60. The van der Waals surface area contributed by atoms with E-state index in [9.17, 15) is 14.4 Å². The fourth-order valence-corrected chi connectivity index (χ4v) is 5.69. The van der Waals surface area contributed by atoms with Crippen molar-refractivity contribution in [2.45, 2.75) is 18.5 Å². The zero-order valence-corrected chi connectivity index (χ0v) is 23.4. The first-order valence-corrected chi connectivity index (χ1v) is 14.1. The summed E-state index contributed by atoms with van der Waals surface area (Å²) in [6.45, 7) is 4.06. The fourth-order valence-electron chi connectivity index (χ4n) is 5.69. The van der Waals surface area contributed by atoms with Crippen LogP contribution in [0.25, 0.3) is 0 Å². The van der Waals surface area contributed by atoms with E-state index in [0.717, 1.165) is 26.2 Å². The molecule has 2 aliphatic rings. The largest absolute Gasteiger partial charge is 0.495 e. The number of benzene rings is 3. The van der Waals surface area contributed by atoms with Crippen molar-refractivity contribution < 1.29 is 19.1 Å². The zero-order valence-electron chi connectivity index (χ0n) is 23.4. The number of carbonyl (C=O) groups is 3. The van der Waals surface area contributed by atoms with Gasteiger partial charge in [0, 0.05) is 39.3 Å². The molecule has 0 saturated carbocycles. The standard InChI is InChI=1S/C32H37N5O4/c1-41-28-15-9-8-14-26(28)34-29(38)22-27-32(40)33-16-17-37(27)30(39)23-35-18-20-36(21-19-35)31(24-10-4-2-5-11-24)25-12-6-3-7-13-25/h2-15,27,31H,16-23H2,1H3,(H,33,40)(H,34,38)/t27-/m1/s1. The molecule has 0 bridgehead atoms. The summed E-state index contributed by atoms with van der Waals surface area (Å²) in [7, 11) is 1.53. The molecule has 2 aliphatic heterocycles. The third-order valence-corrected chi connectivity index (χ3v) is 7.77. The molecule has 1 atom stereocenters. The van der Waals surface area contributed by atoms with Crippen molar-refractivity contribution in [3.63, 3.8) is 0 Å². The maximum absolute atomic E-state index is 13.5. The van der Waals surface area contributed by atoms with Crippen molar-refractivity contribution >= 4 is 23.4 Å². The van der Waals surface area contributed by atoms with Crippen LogP contribution in [0.5, 0.6) is 5.75 Å². The predicted molar refractivity (Wildman–Crippen MR) is 157 cm³/mol. The fraction of sp³-hybridized carbons (Fsp3) is 0.344. The molecule has 9 nitrogen and oxygen atoms in total. The highest BCUT2D eigenvalue weighted by Crippen LogP contribution is 2.29. The SMILES string of the molecule is COc1ccccc1NC(=O)C[C@@H]1C(=O)NCCN1C(=O)CN1CCN(C(c2ccccc2)c2ccccc2)CC1. The van der Waals surface area contributed by atoms with Gasteiger partial charge in [-0.25, -0.2) is 0 Å². The second-order valence-electron chi connectivity index (χ2n) is 10.4. The molecule has 2 fully saturated rings. The summed E-state index contributed by atoms with van der Waals surface area (Å²) < 4.78 is 5.31. The van der Waals surface area contributed by atoms with Gasteiger partial charge in [-0.2, -0.15) is 0 Å². The molecular formula is C32H37N5O4. The average Bonchev–Trinajstić information content (AvgIpc) is 3.00. The van der Waals surface area contributed by atoms with E-state index in [1.165, 1.54) is 18.2 Å². The van der Waals surface area contributed by atoms with Crippen molar-refractivity contribution in [2.24, 2.45) is 0 Å². The Morgan fingerprint density at radius 2 is 1.49 bits per heavy atom. The first-order valence-electron chi connectivity index (χ1n) is 14.1. The molecule has 3 aromatic carbocycles. The summed E-state index contributed by atoms with van der Waals surface area (Å²) in [5.74, 6) is -0.261. The summed E-state index contributed by atoms with van der Waals surface area (Å²) in [5, 5.41) is 5.62. The molecule has 2 heterocycles. The van der Waals surface area contributed by atoms with Crippen LogP contribution < -0.4 is 15.4 Å². The number of para-hydroxylation sites is 2. The second-order valence-corrected chi connectivity index (χ2v) is 10.4. The van der Waals surface area contributed by atoms with Crippen LogP contribution in [0, 0.1) is 0 Å². The highest BCUT2D eigenvalue weighted by Gasteiger charge is 2.36. The minimum atomic E-state index is -0.854. The van der Waals surface area contributed by atoms with Crippen molar-refractivity contribution in [3.05, 3.63) is 96.1 Å². The van der Waals surface area contributed by atoms with E-state index in [0.29, 0.717) is 24.5 Å². The number of nitrogens with one attached hydrogen (secondary N) is 2. The van der Waals surface area contributed by atoms with Crippen molar-refractivity contribution in [1.29, 1.82) is 0 Å². The topological polar surface area (TPSA) is 94.2 Å². The van der Waals surface area contributed by atoms with Gasteiger partial charge in [-0.3, -0.25) is 24.2 Å². The number of hydrogen-bond donors (Lipinski definition) is 2. The Bertz CT molecular complexity index is 1290. The van der Waals surface area contributed by atoms with E-state index in [-0.39, 0.29) is 36.7 Å². The van der Waals surface area contributed by atoms with Gasteiger partial charge < -0.3 is 20.3 Å². The molecule has 0 radical (unpaired) electrons. The molecule has 0 spiro atoms. The number of amides is 3. The first-order chi connectivity index (χ1) is 20.0. The molecule has 41 heavy (non-hydrogen) atoms. The molecule has 0 aliphatic carbocycles. The predicted octanol–water partition coefficient (Wildman–Crippen LogP) is 2.76. The molecule has 3 amide bonds. The normalized spacial score (nSPS) is 18.1. The van der Waals surface area contributed by atoms with Crippen LogP contribution in [0.3, 0.4) is 0 Å². The van der Waals surface area contributed by atoms with Gasteiger partial charge in [0.15, 0.2) is 0 Å². The summed E-state index contributed by atoms with van der Waals surface area (Å²) in [5.41, 5.74) is 3.02. The summed E-state index contributed by atoms with van der Waals surface area (Å²) in [6, 6.07) is 27.4. The van der Waals surface area contributed by atoms with Gasteiger partial charge >= 0.3 is 0 Å². The Morgan fingerprint density at radius 1 is 0.878 bits per heavy atom. The molecule has 214 valence electrons. The van der Waals surface area contributed by atoms with Gasteiger partial charge in [-0.05, 0) is 23.3 Å². The highest BCUT2D eigenvalue weighted by molar-refractivity contribution is 5.98. The van der Waals surface area contributed by atoms with Crippen LogP contribution in [0.4, 0.5) is 5.69 Å². The molecule has 2 saturated heterocycles. The van der Waals surface area contributed by atoms with Crippen molar-refractivity contribution in [3.8, 4) is 5.75 Å². The van der Waals surface area contributed by atoms with Crippen LogP contribution >= 0.6 is 0 Å². The average molecular weight is 556 g/mol. The number of piperazine rings is 2. The summed E-state index contributed by atoms with van der Waals surface area (Å²) >= 11 is 0. The lowest BCUT2D eigenvalue weighted by molar-refractivity contribution is -0.145. The molecule has 9 heteroatoms. The first kappa shape index (κ1) is 28.3. The second kappa shape index (κ2) is 13.4. The van der Waals surface area contributed by atoms with Crippen LogP contribution in [0.1, 0.15) is 23.6 Å². The number of rotatable bonds is 9. The van der Waals surface area contributed by atoms with E-state index >= 15 is 0 Å². The molecule has 3 aromatic rings. The van der Waals surface area contributed by atoms with Crippen LogP contribution in [0.2, 0.25) is 0 Å². The zero-order chi connectivity index (χ0) is 28.6. The van der Waals surface area contributed by atoms with Gasteiger partial charge in [0.05, 0.1) is 31.8 Å². The third-order valence-electron chi connectivity index (χ3n) is 7.77. The van der Waals surface area contributed by atoms with E-state index in [2.05, 4.69) is 69.0 Å². The van der Waals surface area contributed by atoms with E-state index in [4.69, 9.17) is 4.74 Å². The van der Waals surface area contributed by atoms with E-state index < -0.39 is 6.04 Å². The summed E-state index contributed by atoms with van der Waals surface area (Å²) in [6.07, 6.45) is -0.126. The van der Waals surface area contributed by atoms with E-state index in [1.54, 1.807) is 23.1 Å². The third kappa shape index (κ3) is 6.93. The van der Waals surface area contributed by atoms with Gasteiger partial charge in [0.2, 0.25) is 17.7 Å². The molecule has 5 rings (SSSR count). The Balaban J connectivity index is 1.20. The van der Waals surface area contributed by atoms with Crippen molar-refractivity contribution in [1.82, 2.24) is 20.0 Å². The van der Waals surface area contributed by atoms with Crippen LogP contribution in [-0.2, 0) is 14.4 Å². The maximum Gasteiger partial charge on any atom is 0.243 e. The minimum Gasteiger partial charge on any atom is -0.495 e. The number of ether oxygens (including phenoxy) is 1. The van der Waals surface area contributed by atoms with E-state index in [1.807, 2.05) is 18.2 Å². The van der Waals surface area contributed by atoms with Gasteiger partial charge in [0.25, 0.3) is 0 Å². The van der Waals surface area contributed by atoms with Crippen molar-refractivity contribution in [2.75, 3.05) is 58.2 Å². The Kier molecular flexibility index (Phi) is 9.28. The monoisotopic (exact) mass is 555 g/mol. The lowest BCUT2D eigenvalue weighted by atomic mass is 9.96. The molecule has 0 aromatic heterocycles. The Hall–Kier alpha value is -4.21. The van der Waals surface area contributed by atoms with Crippen LogP contribution in [0.15, 0.2) is 84.9 Å². The van der Waals surface area contributed by atoms with Gasteiger partial charge in [0.1, 0.15) is 11.8 Å². The lowest BCUT2D eigenvalue weighted by Gasteiger charge is -2.41. The Morgan fingerprint density at radius 3 is 2.12 bits per heavy atom. The van der Waals surface area contributed by atoms with Gasteiger partial charge in [-0.1, -0.05) is 72.8 Å². The molecule has 0 unspecified atom stereocenters. The number of anilines is 1. The number of carbonyl (C=O) groups excluding carboxylic acids is 3. The highest BCUT2D eigenvalue weighted by atomic mass is 16.5. The van der Waals surface area contributed by atoms with Crippen LogP contribution in [-0.4, -0.2) is 91.4 Å². The maximum atomic E-state index is 13.5.